The Morgan fingerprint density at radius 3 is 2.36 bits per heavy atom. The highest BCUT2D eigenvalue weighted by Gasteiger charge is 2.30. The highest BCUT2D eigenvalue weighted by Crippen LogP contribution is 2.36. The van der Waals surface area contributed by atoms with Crippen LogP contribution in [0.2, 0.25) is 0 Å². The van der Waals surface area contributed by atoms with Gasteiger partial charge in [0.1, 0.15) is 5.78 Å². The van der Waals surface area contributed by atoms with Crippen molar-refractivity contribution in [1.82, 2.24) is 0 Å². The fourth-order valence-electron chi connectivity index (χ4n) is 2.69. The minimum atomic E-state index is 0.234. The fourth-order valence-corrected chi connectivity index (χ4v) is 2.69. The standard InChI is InChI=1S/C13H24O/c1-9(2)7-11-5-6-12(8-11)13(14)10(3)4/h9-12H,5-8H2,1-4H3. The van der Waals surface area contributed by atoms with E-state index in [1.54, 1.807) is 0 Å². The van der Waals surface area contributed by atoms with Crippen LogP contribution in [0.3, 0.4) is 0 Å². The molecule has 1 rings (SSSR count). The molecule has 0 amide bonds. The van der Waals surface area contributed by atoms with Gasteiger partial charge in [-0.05, 0) is 37.5 Å². The Bertz CT molecular complexity index is 193. The second-order valence-electron chi connectivity index (χ2n) is 5.56. The predicted molar refractivity (Wildman–Crippen MR) is 60.1 cm³/mol. The maximum Gasteiger partial charge on any atom is 0.138 e. The fraction of sp³-hybridized carbons (Fsp3) is 0.923. The van der Waals surface area contributed by atoms with Crippen LogP contribution in [-0.2, 0) is 4.79 Å². The molecule has 0 saturated heterocycles. The average molecular weight is 196 g/mol. The first-order chi connectivity index (χ1) is 6.50. The van der Waals surface area contributed by atoms with Gasteiger partial charge < -0.3 is 0 Å². The molecular formula is C13H24O. The Labute approximate surface area is 88.3 Å². The number of rotatable bonds is 4. The summed E-state index contributed by atoms with van der Waals surface area (Å²) >= 11 is 0. The lowest BCUT2D eigenvalue weighted by Gasteiger charge is -2.14. The van der Waals surface area contributed by atoms with Crippen molar-refractivity contribution in [2.24, 2.45) is 23.7 Å². The normalized spacial score (nSPS) is 27.6. The van der Waals surface area contributed by atoms with E-state index in [9.17, 15) is 4.79 Å². The van der Waals surface area contributed by atoms with E-state index in [4.69, 9.17) is 0 Å². The smallest absolute Gasteiger partial charge is 0.138 e. The van der Waals surface area contributed by atoms with E-state index in [2.05, 4.69) is 13.8 Å². The van der Waals surface area contributed by atoms with Gasteiger partial charge in [0.2, 0.25) is 0 Å². The molecule has 0 spiro atoms. The monoisotopic (exact) mass is 196 g/mol. The molecule has 1 fully saturated rings. The molecular weight excluding hydrogens is 172 g/mol. The van der Waals surface area contributed by atoms with Gasteiger partial charge in [-0.2, -0.15) is 0 Å². The summed E-state index contributed by atoms with van der Waals surface area (Å²) in [6, 6.07) is 0. The summed E-state index contributed by atoms with van der Waals surface area (Å²) in [7, 11) is 0. The summed E-state index contributed by atoms with van der Waals surface area (Å²) in [5, 5.41) is 0. The highest BCUT2D eigenvalue weighted by atomic mass is 16.1. The summed E-state index contributed by atoms with van der Waals surface area (Å²) in [6.07, 6.45) is 4.90. The maximum atomic E-state index is 11.8. The Kier molecular flexibility index (Phi) is 4.15. The van der Waals surface area contributed by atoms with Crippen LogP contribution in [0.25, 0.3) is 0 Å². The Morgan fingerprint density at radius 2 is 1.86 bits per heavy atom. The average Bonchev–Trinajstić information content (AvgIpc) is 2.50. The van der Waals surface area contributed by atoms with Crippen molar-refractivity contribution in [3.8, 4) is 0 Å². The second kappa shape index (κ2) is 4.95. The number of hydrogen-bond donors (Lipinski definition) is 0. The Hall–Kier alpha value is -0.330. The molecule has 1 heteroatoms. The molecule has 14 heavy (non-hydrogen) atoms. The first-order valence-electron chi connectivity index (χ1n) is 6.04. The number of carbonyl (C=O) groups is 1. The lowest BCUT2D eigenvalue weighted by molar-refractivity contribution is -0.125. The first-order valence-corrected chi connectivity index (χ1v) is 6.04. The Morgan fingerprint density at radius 1 is 1.21 bits per heavy atom. The number of carbonyl (C=O) groups excluding carboxylic acids is 1. The van der Waals surface area contributed by atoms with Crippen LogP contribution in [0.15, 0.2) is 0 Å². The molecule has 0 aliphatic heterocycles. The predicted octanol–water partition coefficient (Wildman–Crippen LogP) is 3.67. The zero-order chi connectivity index (χ0) is 10.7. The van der Waals surface area contributed by atoms with Crippen LogP contribution in [0.4, 0.5) is 0 Å². The molecule has 2 unspecified atom stereocenters. The van der Waals surface area contributed by atoms with E-state index in [1.807, 2.05) is 13.8 Å². The number of Topliss-reactive ketones (excluding diaryl/α,β-unsaturated/α-hetero) is 1. The first kappa shape index (κ1) is 11.7. The van der Waals surface area contributed by atoms with Crippen molar-refractivity contribution >= 4 is 5.78 Å². The topological polar surface area (TPSA) is 17.1 Å². The van der Waals surface area contributed by atoms with E-state index in [1.165, 1.54) is 12.8 Å². The van der Waals surface area contributed by atoms with Crippen molar-refractivity contribution in [1.29, 1.82) is 0 Å². The van der Waals surface area contributed by atoms with E-state index >= 15 is 0 Å². The van der Waals surface area contributed by atoms with Crippen molar-refractivity contribution in [3.63, 3.8) is 0 Å². The largest absolute Gasteiger partial charge is 0.299 e. The molecule has 2 atom stereocenters. The van der Waals surface area contributed by atoms with Crippen LogP contribution >= 0.6 is 0 Å². The van der Waals surface area contributed by atoms with Crippen molar-refractivity contribution in [2.45, 2.75) is 53.4 Å². The molecule has 0 N–H and O–H groups in total. The van der Waals surface area contributed by atoms with Crippen LogP contribution in [0, 0.1) is 23.7 Å². The van der Waals surface area contributed by atoms with Gasteiger partial charge in [-0.1, -0.05) is 27.7 Å². The minimum Gasteiger partial charge on any atom is -0.299 e. The van der Waals surface area contributed by atoms with E-state index in [-0.39, 0.29) is 5.92 Å². The van der Waals surface area contributed by atoms with Crippen LogP contribution in [0.5, 0.6) is 0 Å². The van der Waals surface area contributed by atoms with E-state index in [0.717, 1.165) is 24.7 Å². The maximum absolute atomic E-state index is 11.8. The molecule has 0 radical (unpaired) electrons. The minimum absolute atomic E-state index is 0.234. The molecule has 0 bridgehead atoms. The molecule has 0 heterocycles. The van der Waals surface area contributed by atoms with Crippen molar-refractivity contribution in [3.05, 3.63) is 0 Å². The van der Waals surface area contributed by atoms with Gasteiger partial charge in [-0.3, -0.25) is 4.79 Å². The van der Waals surface area contributed by atoms with Gasteiger partial charge in [0.05, 0.1) is 0 Å². The number of ketones is 1. The van der Waals surface area contributed by atoms with Gasteiger partial charge in [0.15, 0.2) is 0 Å². The summed E-state index contributed by atoms with van der Waals surface area (Å²) in [6.45, 7) is 8.60. The number of hydrogen-bond acceptors (Lipinski definition) is 1. The van der Waals surface area contributed by atoms with Gasteiger partial charge in [-0.15, -0.1) is 0 Å². The van der Waals surface area contributed by atoms with Gasteiger partial charge in [0, 0.05) is 11.8 Å². The van der Waals surface area contributed by atoms with Crippen LogP contribution in [0.1, 0.15) is 53.4 Å². The highest BCUT2D eigenvalue weighted by molar-refractivity contribution is 5.83. The van der Waals surface area contributed by atoms with Gasteiger partial charge in [0.25, 0.3) is 0 Å². The third kappa shape index (κ3) is 3.11. The summed E-state index contributed by atoms with van der Waals surface area (Å²) < 4.78 is 0. The van der Waals surface area contributed by atoms with Gasteiger partial charge in [-0.25, -0.2) is 0 Å². The second-order valence-corrected chi connectivity index (χ2v) is 5.56. The molecule has 82 valence electrons. The third-order valence-corrected chi connectivity index (χ3v) is 3.32. The SMILES string of the molecule is CC(C)CC1CCC(C(=O)C(C)C)C1. The van der Waals surface area contributed by atoms with E-state index in [0.29, 0.717) is 11.7 Å². The zero-order valence-electron chi connectivity index (χ0n) is 10.0. The van der Waals surface area contributed by atoms with Gasteiger partial charge >= 0.3 is 0 Å². The quantitative estimate of drug-likeness (QED) is 0.670. The Balaban J connectivity index is 2.37. The molecule has 0 aromatic heterocycles. The molecule has 0 aromatic rings. The summed E-state index contributed by atoms with van der Waals surface area (Å²) in [5.41, 5.74) is 0. The zero-order valence-corrected chi connectivity index (χ0v) is 10.0. The summed E-state index contributed by atoms with van der Waals surface area (Å²) in [4.78, 5) is 11.8. The van der Waals surface area contributed by atoms with Crippen molar-refractivity contribution in [2.75, 3.05) is 0 Å². The van der Waals surface area contributed by atoms with E-state index < -0.39 is 0 Å². The van der Waals surface area contributed by atoms with Crippen LogP contribution < -0.4 is 0 Å². The lowest BCUT2D eigenvalue weighted by atomic mass is 9.91. The van der Waals surface area contributed by atoms with Crippen LogP contribution in [-0.4, -0.2) is 5.78 Å². The molecule has 0 aromatic carbocycles. The van der Waals surface area contributed by atoms with Crippen molar-refractivity contribution < 1.29 is 4.79 Å². The molecule has 1 aliphatic carbocycles. The molecule has 1 nitrogen and oxygen atoms in total. The molecule has 1 aliphatic rings. The summed E-state index contributed by atoms with van der Waals surface area (Å²) in [5.74, 6) is 2.73. The molecule has 1 saturated carbocycles. The lowest BCUT2D eigenvalue weighted by Crippen LogP contribution is -2.17. The third-order valence-electron chi connectivity index (χ3n) is 3.32.